The zero-order valence-electron chi connectivity index (χ0n) is 12.4. The van der Waals surface area contributed by atoms with E-state index in [1.165, 1.54) is 10.6 Å². The summed E-state index contributed by atoms with van der Waals surface area (Å²) in [6, 6.07) is 1.38. The van der Waals surface area contributed by atoms with Gasteiger partial charge in [0.1, 0.15) is 0 Å². The van der Waals surface area contributed by atoms with Gasteiger partial charge in [-0.05, 0) is 32.3 Å². The highest BCUT2D eigenvalue weighted by molar-refractivity contribution is 5.90. The first kappa shape index (κ1) is 16.4. The molecule has 112 valence electrons. The van der Waals surface area contributed by atoms with Gasteiger partial charge in [-0.25, -0.2) is 4.79 Å². The van der Waals surface area contributed by atoms with Crippen molar-refractivity contribution in [1.82, 2.24) is 4.57 Å². The average molecular weight is 281 g/mol. The maximum atomic E-state index is 11.9. The minimum atomic E-state index is -0.993. The number of nitrogens with zero attached hydrogens (tertiary/aromatic N) is 1. The number of unbranched alkanes of at least 4 members (excludes halogenated alkanes) is 1. The Morgan fingerprint density at radius 1 is 1.30 bits per heavy atom. The van der Waals surface area contributed by atoms with Gasteiger partial charge in [0.2, 0.25) is 0 Å². The summed E-state index contributed by atoms with van der Waals surface area (Å²) in [6.07, 6.45) is 2.83. The van der Waals surface area contributed by atoms with Crippen molar-refractivity contribution in [3.63, 3.8) is 0 Å². The number of aryl methyl sites for hydroxylation is 1. The van der Waals surface area contributed by atoms with Crippen LogP contribution >= 0.6 is 0 Å². The number of aromatic carboxylic acids is 1. The lowest BCUT2D eigenvalue weighted by atomic mass is 10.1. The number of hydrogen-bond donors (Lipinski definition) is 1. The molecule has 0 radical (unpaired) electrons. The van der Waals surface area contributed by atoms with Gasteiger partial charge < -0.3 is 14.4 Å². The number of rotatable bonds is 8. The molecule has 0 bridgehead atoms. The van der Waals surface area contributed by atoms with Crippen molar-refractivity contribution in [3.8, 4) is 0 Å². The predicted molar refractivity (Wildman–Crippen MR) is 77.5 cm³/mol. The van der Waals surface area contributed by atoms with Crippen LogP contribution in [0.5, 0.6) is 0 Å². The largest absolute Gasteiger partial charge is 0.478 e. The summed E-state index contributed by atoms with van der Waals surface area (Å²) in [6.45, 7) is 7.23. The Hall–Kier alpha value is -1.62. The number of hydrogen-bond acceptors (Lipinski definition) is 3. The Labute approximate surface area is 119 Å². The number of carboxylic acid groups (broad SMARTS) is 1. The van der Waals surface area contributed by atoms with E-state index < -0.39 is 5.97 Å². The van der Waals surface area contributed by atoms with Crippen LogP contribution in [-0.4, -0.2) is 28.9 Å². The van der Waals surface area contributed by atoms with Gasteiger partial charge in [-0.15, -0.1) is 0 Å². The lowest BCUT2D eigenvalue weighted by molar-refractivity contribution is 0.0694. The maximum absolute atomic E-state index is 11.9. The summed E-state index contributed by atoms with van der Waals surface area (Å²) < 4.78 is 6.96. The standard InChI is InChI=1S/C15H23NO4/c1-4-5-8-20-9-6-7-16-12(3)14(15(18)19)11(2)10-13(16)17/h10H,4-9H2,1-3H3,(H,18,19). The smallest absolute Gasteiger partial charge is 0.337 e. The molecule has 5 nitrogen and oxygen atoms in total. The highest BCUT2D eigenvalue weighted by Crippen LogP contribution is 2.11. The Morgan fingerprint density at radius 3 is 2.55 bits per heavy atom. The van der Waals surface area contributed by atoms with Crippen molar-refractivity contribution in [3.05, 3.63) is 33.2 Å². The molecule has 5 heteroatoms. The Bertz CT molecular complexity index is 519. The van der Waals surface area contributed by atoms with Gasteiger partial charge in [-0.2, -0.15) is 0 Å². The van der Waals surface area contributed by atoms with E-state index in [0.29, 0.717) is 30.8 Å². The van der Waals surface area contributed by atoms with E-state index in [0.717, 1.165) is 19.4 Å². The van der Waals surface area contributed by atoms with Gasteiger partial charge in [0, 0.05) is 31.5 Å². The first-order chi connectivity index (χ1) is 9.49. The number of pyridine rings is 1. The monoisotopic (exact) mass is 281 g/mol. The average Bonchev–Trinajstić information content (AvgIpc) is 2.35. The van der Waals surface area contributed by atoms with Crippen molar-refractivity contribution >= 4 is 5.97 Å². The summed E-state index contributed by atoms with van der Waals surface area (Å²) in [4.78, 5) is 23.1. The fraction of sp³-hybridized carbons (Fsp3) is 0.600. The van der Waals surface area contributed by atoms with Crippen LogP contribution in [0.2, 0.25) is 0 Å². The van der Waals surface area contributed by atoms with Crippen molar-refractivity contribution in [2.75, 3.05) is 13.2 Å². The molecule has 20 heavy (non-hydrogen) atoms. The fourth-order valence-electron chi connectivity index (χ4n) is 2.20. The molecule has 1 rings (SSSR count). The van der Waals surface area contributed by atoms with Gasteiger partial charge >= 0.3 is 5.97 Å². The molecule has 0 aliphatic carbocycles. The molecule has 0 aliphatic heterocycles. The maximum Gasteiger partial charge on any atom is 0.337 e. The number of carboxylic acids is 1. The molecular weight excluding hydrogens is 258 g/mol. The van der Waals surface area contributed by atoms with Crippen LogP contribution in [-0.2, 0) is 11.3 Å². The van der Waals surface area contributed by atoms with E-state index in [-0.39, 0.29) is 11.1 Å². The van der Waals surface area contributed by atoms with Crippen LogP contribution in [0.25, 0.3) is 0 Å². The van der Waals surface area contributed by atoms with Gasteiger partial charge in [0.15, 0.2) is 0 Å². The molecule has 0 saturated carbocycles. The highest BCUT2D eigenvalue weighted by Gasteiger charge is 2.15. The molecule has 0 fully saturated rings. The van der Waals surface area contributed by atoms with E-state index in [1.807, 2.05) is 0 Å². The molecule has 0 spiro atoms. The summed E-state index contributed by atoms with van der Waals surface area (Å²) in [5, 5.41) is 9.19. The Kier molecular flexibility index (Phi) is 6.45. The zero-order valence-corrected chi connectivity index (χ0v) is 12.4. The Balaban J connectivity index is 2.73. The molecule has 1 aromatic heterocycles. The molecular formula is C15H23NO4. The molecule has 0 aromatic carbocycles. The van der Waals surface area contributed by atoms with Crippen LogP contribution in [0, 0.1) is 13.8 Å². The first-order valence-electron chi connectivity index (χ1n) is 7.01. The molecule has 0 atom stereocenters. The second kappa shape index (κ2) is 7.85. The van der Waals surface area contributed by atoms with Gasteiger partial charge in [-0.1, -0.05) is 13.3 Å². The molecule has 1 aromatic rings. The van der Waals surface area contributed by atoms with Crippen LogP contribution in [0.15, 0.2) is 10.9 Å². The van der Waals surface area contributed by atoms with Crippen molar-refractivity contribution in [2.24, 2.45) is 0 Å². The van der Waals surface area contributed by atoms with E-state index >= 15 is 0 Å². The lowest BCUT2D eigenvalue weighted by Gasteiger charge is -2.14. The summed E-state index contributed by atoms with van der Waals surface area (Å²) >= 11 is 0. The minimum Gasteiger partial charge on any atom is -0.478 e. The van der Waals surface area contributed by atoms with Crippen LogP contribution < -0.4 is 5.56 Å². The predicted octanol–water partition coefficient (Wildman–Crippen LogP) is 2.37. The van der Waals surface area contributed by atoms with Gasteiger partial charge in [0.25, 0.3) is 5.56 Å². The van der Waals surface area contributed by atoms with Gasteiger partial charge in [-0.3, -0.25) is 4.79 Å². The van der Waals surface area contributed by atoms with E-state index in [4.69, 9.17) is 4.74 Å². The van der Waals surface area contributed by atoms with Crippen molar-refractivity contribution < 1.29 is 14.6 Å². The number of ether oxygens (including phenoxy) is 1. The molecule has 1 N–H and O–H groups in total. The second-order valence-electron chi connectivity index (χ2n) is 4.90. The third kappa shape index (κ3) is 4.20. The van der Waals surface area contributed by atoms with E-state index in [1.54, 1.807) is 13.8 Å². The molecule has 0 saturated heterocycles. The second-order valence-corrected chi connectivity index (χ2v) is 4.90. The summed E-state index contributed by atoms with van der Waals surface area (Å²) in [5.41, 5.74) is 1.08. The Morgan fingerprint density at radius 2 is 1.95 bits per heavy atom. The minimum absolute atomic E-state index is 0.154. The van der Waals surface area contributed by atoms with Crippen LogP contribution in [0.1, 0.15) is 47.8 Å². The molecule has 0 aliphatic rings. The third-order valence-electron chi connectivity index (χ3n) is 3.29. The molecule has 1 heterocycles. The van der Waals surface area contributed by atoms with Gasteiger partial charge in [0.05, 0.1) is 5.56 Å². The van der Waals surface area contributed by atoms with Crippen LogP contribution in [0.4, 0.5) is 0 Å². The van der Waals surface area contributed by atoms with Crippen molar-refractivity contribution in [1.29, 1.82) is 0 Å². The number of aromatic nitrogens is 1. The summed E-state index contributed by atoms with van der Waals surface area (Å²) in [7, 11) is 0. The third-order valence-corrected chi connectivity index (χ3v) is 3.29. The van der Waals surface area contributed by atoms with Crippen molar-refractivity contribution in [2.45, 2.75) is 46.6 Å². The quantitative estimate of drug-likeness (QED) is 0.743. The lowest BCUT2D eigenvalue weighted by Crippen LogP contribution is -2.26. The topological polar surface area (TPSA) is 68.5 Å². The summed E-state index contributed by atoms with van der Waals surface area (Å²) in [5.74, 6) is -0.993. The SMILES string of the molecule is CCCCOCCCn1c(C)c(C(=O)O)c(C)cc1=O. The first-order valence-corrected chi connectivity index (χ1v) is 7.01. The highest BCUT2D eigenvalue weighted by atomic mass is 16.5. The fourth-order valence-corrected chi connectivity index (χ4v) is 2.20. The number of carbonyl (C=O) groups is 1. The van der Waals surface area contributed by atoms with Crippen LogP contribution in [0.3, 0.4) is 0 Å². The zero-order chi connectivity index (χ0) is 15.1. The van der Waals surface area contributed by atoms with E-state index in [9.17, 15) is 14.7 Å². The van der Waals surface area contributed by atoms with E-state index in [2.05, 4.69) is 6.92 Å². The molecule has 0 unspecified atom stereocenters. The molecule has 0 amide bonds. The normalized spacial score (nSPS) is 10.8.